The molecule has 2 heteroatoms. The van der Waals surface area contributed by atoms with E-state index in [2.05, 4.69) is 65.7 Å². The monoisotopic (exact) mass is 664 g/mol. The minimum absolute atomic E-state index is 1.15. The summed E-state index contributed by atoms with van der Waals surface area (Å²) < 4.78 is 5.21. The van der Waals surface area contributed by atoms with Crippen molar-refractivity contribution in [2.24, 2.45) is 0 Å². The summed E-state index contributed by atoms with van der Waals surface area (Å²) in [7, 11) is 0. The van der Waals surface area contributed by atoms with Crippen LogP contribution in [-0.4, -0.2) is 4.57 Å². The zero-order valence-electron chi connectivity index (χ0n) is 32.7. The fourth-order valence-corrected chi connectivity index (χ4v) is 7.60. The van der Waals surface area contributed by atoms with Crippen molar-refractivity contribution in [1.82, 2.24) is 4.57 Å². The Morgan fingerprint density at radius 2 is 0.812 bits per heavy atom. The van der Waals surface area contributed by atoms with Gasteiger partial charge >= 0.3 is 0 Å². The van der Waals surface area contributed by atoms with E-state index in [1.807, 2.05) is 0 Å². The lowest BCUT2D eigenvalue weighted by atomic mass is 10.0. The molecule has 0 aliphatic heterocycles. The number of aryl methyl sites for hydroxylation is 3. The van der Waals surface area contributed by atoms with E-state index in [1.54, 1.807) is 5.82 Å². The molecule has 0 radical (unpaired) electrons. The van der Waals surface area contributed by atoms with Gasteiger partial charge in [0.2, 0.25) is 0 Å². The average Bonchev–Trinajstić information content (AvgIpc) is 3.49. The standard InChI is InChI=1S/C46H83N2/c1-3-5-7-9-11-13-15-17-19-21-23-25-27-29-34-40-46-47(43-44-48(46)42-36-39-45-37-32-31-33-38-45)41-35-30-28-26-24-22-20-18-16-14-12-10-8-6-4-2/h31-33,37-38,43-44H,3-30,34-36,39-42H2,1-2H3/q+1. The molecule has 276 valence electrons. The molecule has 2 nitrogen and oxygen atoms in total. The van der Waals surface area contributed by atoms with Gasteiger partial charge in [-0.05, 0) is 37.7 Å². The number of nitrogens with zero attached hydrogens (tertiary/aromatic N) is 2. The molecule has 0 aliphatic rings. The summed E-state index contributed by atoms with van der Waals surface area (Å²) >= 11 is 0. The van der Waals surface area contributed by atoms with Gasteiger partial charge in [0.15, 0.2) is 0 Å². The number of rotatable bonds is 36. The Balaban J connectivity index is 1.58. The van der Waals surface area contributed by atoms with E-state index in [-0.39, 0.29) is 0 Å². The van der Waals surface area contributed by atoms with Crippen molar-refractivity contribution in [2.75, 3.05) is 0 Å². The van der Waals surface area contributed by atoms with Crippen molar-refractivity contribution in [2.45, 2.75) is 239 Å². The van der Waals surface area contributed by atoms with Crippen LogP contribution in [0.2, 0.25) is 0 Å². The molecule has 2 aromatic rings. The third kappa shape index (κ3) is 23.7. The van der Waals surface area contributed by atoms with E-state index in [0.717, 1.165) is 6.54 Å². The lowest BCUT2D eigenvalue weighted by molar-refractivity contribution is -0.704. The zero-order valence-corrected chi connectivity index (χ0v) is 32.7. The van der Waals surface area contributed by atoms with Gasteiger partial charge in [-0.25, -0.2) is 9.13 Å². The molecule has 0 saturated carbocycles. The minimum atomic E-state index is 1.15. The molecule has 1 heterocycles. The Kier molecular flexibility index (Phi) is 29.0. The van der Waals surface area contributed by atoms with Crippen LogP contribution in [0.3, 0.4) is 0 Å². The molecule has 0 unspecified atom stereocenters. The Morgan fingerprint density at radius 1 is 0.417 bits per heavy atom. The average molecular weight is 664 g/mol. The molecular weight excluding hydrogens is 581 g/mol. The number of aromatic nitrogens is 2. The van der Waals surface area contributed by atoms with Crippen LogP contribution in [0.25, 0.3) is 0 Å². The number of hydrogen-bond donors (Lipinski definition) is 0. The van der Waals surface area contributed by atoms with Crippen LogP contribution in [0.15, 0.2) is 42.7 Å². The highest BCUT2D eigenvalue weighted by atomic mass is 15.1. The maximum Gasteiger partial charge on any atom is 0.256 e. The van der Waals surface area contributed by atoms with E-state index in [1.165, 1.54) is 224 Å². The van der Waals surface area contributed by atoms with Crippen LogP contribution in [0, 0.1) is 0 Å². The van der Waals surface area contributed by atoms with Crippen LogP contribution in [0.5, 0.6) is 0 Å². The summed E-state index contributed by atoms with van der Waals surface area (Å²) in [4.78, 5) is 0. The molecule has 0 N–H and O–H groups in total. The summed E-state index contributed by atoms with van der Waals surface area (Å²) in [5, 5.41) is 0. The minimum Gasteiger partial charge on any atom is -0.234 e. The van der Waals surface area contributed by atoms with Crippen molar-refractivity contribution in [3.63, 3.8) is 0 Å². The Morgan fingerprint density at radius 3 is 1.25 bits per heavy atom. The van der Waals surface area contributed by atoms with Gasteiger partial charge in [0.1, 0.15) is 12.4 Å². The molecule has 0 amide bonds. The third-order valence-electron chi connectivity index (χ3n) is 10.8. The van der Waals surface area contributed by atoms with Crippen molar-refractivity contribution in [3.05, 3.63) is 54.1 Å². The van der Waals surface area contributed by atoms with Crippen molar-refractivity contribution < 1.29 is 4.57 Å². The SMILES string of the molecule is CCCCCCCCCCCCCCCCCc1n(CCCCCCCCCCCCCCCCC)cc[n+]1CCCc1ccccc1. The molecule has 0 fully saturated rings. The van der Waals surface area contributed by atoms with E-state index in [0.29, 0.717) is 0 Å². The van der Waals surface area contributed by atoms with Crippen molar-refractivity contribution in [3.8, 4) is 0 Å². The second kappa shape index (κ2) is 32.6. The molecular formula is C46H83N2+. The van der Waals surface area contributed by atoms with Crippen LogP contribution in [0.1, 0.15) is 224 Å². The lowest BCUT2D eigenvalue weighted by Gasteiger charge is -2.07. The van der Waals surface area contributed by atoms with Crippen molar-refractivity contribution in [1.29, 1.82) is 0 Å². The van der Waals surface area contributed by atoms with E-state index < -0.39 is 0 Å². The van der Waals surface area contributed by atoms with Crippen LogP contribution in [-0.2, 0) is 25.9 Å². The fourth-order valence-electron chi connectivity index (χ4n) is 7.60. The van der Waals surface area contributed by atoms with Gasteiger partial charge in [0.05, 0.1) is 13.1 Å². The van der Waals surface area contributed by atoms with Crippen LogP contribution >= 0.6 is 0 Å². The van der Waals surface area contributed by atoms with E-state index in [9.17, 15) is 0 Å². The molecule has 0 atom stereocenters. The Labute approximate surface area is 301 Å². The smallest absolute Gasteiger partial charge is 0.234 e. The highest BCUT2D eigenvalue weighted by Crippen LogP contribution is 2.16. The molecule has 0 aliphatic carbocycles. The molecule has 0 spiro atoms. The maximum atomic E-state index is 2.62. The first-order chi connectivity index (χ1) is 23.8. The summed E-state index contributed by atoms with van der Waals surface area (Å²) in [6.07, 6.45) is 51.5. The van der Waals surface area contributed by atoms with E-state index in [4.69, 9.17) is 0 Å². The van der Waals surface area contributed by atoms with Gasteiger partial charge in [-0.2, -0.15) is 0 Å². The van der Waals surface area contributed by atoms with Gasteiger partial charge in [0.25, 0.3) is 5.82 Å². The van der Waals surface area contributed by atoms with E-state index >= 15 is 0 Å². The zero-order chi connectivity index (χ0) is 34.0. The highest BCUT2D eigenvalue weighted by Gasteiger charge is 2.16. The topological polar surface area (TPSA) is 8.81 Å². The summed E-state index contributed by atoms with van der Waals surface area (Å²) in [5.41, 5.74) is 1.47. The molecule has 0 saturated heterocycles. The first kappa shape index (κ1) is 42.6. The van der Waals surface area contributed by atoms with Gasteiger partial charge in [-0.15, -0.1) is 0 Å². The Bertz CT molecular complexity index is 915. The molecule has 1 aromatic heterocycles. The second-order valence-corrected chi connectivity index (χ2v) is 15.3. The predicted octanol–water partition coefficient (Wildman–Crippen LogP) is 14.7. The third-order valence-corrected chi connectivity index (χ3v) is 10.8. The Hall–Kier alpha value is -1.57. The summed E-state index contributed by atoms with van der Waals surface area (Å²) in [6.45, 7) is 6.97. The largest absolute Gasteiger partial charge is 0.256 e. The van der Waals surface area contributed by atoms with Gasteiger partial charge in [-0.3, -0.25) is 0 Å². The number of hydrogen-bond acceptors (Lipinski definition) is 0. The fraction of sp³-hybridized carbons (Fsp3) is 0.804. The quantitative estimate of drug-likeness (QED) is 0.0507. The van der Waals surface area contributed by atoms with Gasteiger partial charge in [0, 0.05) is 6.42 Å². The molecule has 48 heavy (non-hydrogen) atoms. The molecule has 1 aromatic carbocycles. The highest BCUT2D eigenvalue weighted by molar-refractivity contribution is 5.14. The van der Waals surface area contributed by atoms with Crippen molar-refractivity contribution >= 4 is 0 Å². The number of unbranched alkanes of at least 4 members (excludes halogenated alkanes) is 28. The van der Waals surface area contributed by atoms with Gasteiger partial charge < -0.3 is 0 Å². The van der Waals surface area contributed by atoms with Gasteiger partial charge in [-0.1, -0.05) is 218 Å². The lowest BCUT2D eigenvalue weighted by Crippen LogP contribution is -2.37. The van der Waals surface area contributed by atoms with Crippen LogP contribution in [0.4, 0.5) is 0 Å². The first-order valence-electron chi connectivity index (χ1n) is 22.0. The summed E-state index contributed by atoms with van der Waals surface area (Å²) in [6, 6.07) is 11.0. The number of imidazole rings is 1. The normalized spacial score (nSPS) is 11.5. The summed E-state index contributed by atoms with van der Waals surface area (Å²) in [5.74, 6) is 1.59. The molecule has 2 rings (SSSR count). The first-order valence-corrected chi connectivity index (χ1v) is 22.0. The number of benzene rings is 1. The molecule has 0 bridgehead atoms. The predicted molar refractivity (Wildman–Crippen MR) is 213 cm³/mol. The maximum absolute atomic E-state index is 2.62. The second-order valence-electron chi connectivity index (χ2n) is 15.3. The van der Waals surface area contributed by atoms with Crippen LogP contribution < -0.4 is 4.57 Å².